The monoisotopic (exact) mass is 492 g/mol. The minimum atomic E-state index is -0.233. The molecule has 0 unspecified atom stereocenters. The number of nitrogens with one attached hydrogen (secondary N) is 3. The molecule has 7 heteroatoms. The highest BCUT2D eigenvalue weighted by molar-refractivity contribution is 9.10. The third-order valence-electron chi connectivity index (χ3n) is 5.35. The van der Waals surface area contributed by atoms with Crippen molar-refractivity contribution in [2.45, 2.75) is 33.4 Å². The molecule has 0 spiro atoms. The highest BCUT2D eigenvalue weighted by Gasteiger charge is 2.17. The fraction of sp³-hybridized carbons (Fsp3) is 0.200. The van der Waals surface area contributed by atoms with Gasteiger partial charge in [-0.25, -0.2) is 0 Å². The maximum absolute atomic E-state index is 13.1. The van der Waals surface area contributed by atoms with Gasteiger partial charge >= 0.3 is 0 Å². The Balaban J connectivity index is 1.63. The largest absolute Gasteiger partial charge is 0.355 e. The summed E-state index contributed by atoms with van der Waals surface area (Å²) in [7, 11) is 0. The van der Waals surface area contributed by atoms with Gasteiger partial charge in [0.1, 0.15) is 0 Å². The normalized spacial score (nSPS) is 11.2. The summed E-state index contributed by atoms with van der Waals surface area (Å²) >= 11 is 3.53. The fourth-order valence-corrected chi connectivity index (χ4v) is 4.26. The number of benzene rings is 2. The fourth-order valence-electron chi connectivity index (χ4n) is 3.81. The molecule has 4 rings (SSSR count). The molecule has 164 valence electrons. The lowest BCUT2D eigenvalue weighted by atomic mass is 10.1. The topological polar surface area (TPSA) is 78.9 Å². The molecule has 2 heterocycles. The molecule has 2 aromatic carbocycles. The average molecular weight is 493 g/mol. The highest BCUT2D eigenvalue weighted by atomic mass is 79.9. The van der Waals surface area contributed by atoms with Gasteiger partial charge in [-0.2, -0.15) is 0 Å². The number of carbonyl (C=O) groups is 1. The number of carbonyl (C=O) groups excluding carboxylic acids is 1. The van der Waals surface area contributed by atoms with Crippen LogP contribution in [0.5, 0.6) is 0 Å². The Hall–Kier alpha value is -3.32. The van der Waals surface area contributed by atoms with Crippen molar-refractivity contribution in [2.75, 3.05) is 5.32 Å². The lowest BCUT2D eigenvalue weighted by molar-refractivity contribution is 0.0952. The first-order valence-electron chi connectivity index (χ1n) is 10.5. The van der Waals surface area contributed by atoms with Crippen LogP contribution in [0, 0.1) is 6.92 Å². The molecule has 0 radical (unpaired) electrons. The zero-order valence-corrected chi connectivity index (χ0v) is 19.8. The predicted molar refractivity (Wildman–Crippen MR) is 133 cm³/mol. The van der Waals surface area contributed by atoms with Crippen LogP contribution in [-0.2, 0) is 6.54 Å². The smallest absolute Gasteiger partial charge is 0.255 e. The number of hydrogen-bond acceptors (Lipinski definition) is 3. The Labute approximate surface area is 194 Å². The van der Waals surface area contributed by atoms with Gasteiger partial charge in [0, 0.05) is 39.0 Å². The van der Waals surface area contributed by atoms with Crippen LogP contribution in [0.3, 0.4) is 0 Å². The average Bonchev–Trinajstić information content (AvgIpc) is 3.17. The van der Waals surface area contributed by atoms with Crippen LogP contribution in [0.15, 0.2) is 70.1 Å². The maximum Gasteiger partial charge on any atom is 0.255 e. The molecule has 0 saturated heterocycles. The van der Waals surface area contributed by atoms with Crippen LogP contribution in [0.2, 0.25) is 0 Å². The Bertz CT molecular complexity index is 1340. The summed E-state index contributed by atoms with van der Waals surface area (Å²) in [5.41, 5.74) is 4.08. The molecule has 6 nitrogen and oxygen atoms in total. The SMILES string of the molecule is Cc1cc(Nc2ccccc2)c(CNC(=O)c2cc(Br)cc3c2ccn3C(C)C)c(=O)[nH]1. The Morgan fingerprint density at radius 2 is 1.88 bits per heavy atom. The number of H-pyrrole nitrogens is 1. The Morgan fingerprint density at radius 3 is 2.59 bits per heavy atom. The van der Waals surface area contributed by atoms with Crippen molar-refractivity contribution >= 4 is 44.1 Å². The third kappa shape index (κ3) is 4.48. The number of halogens is 1. The van der Waals surface area contributed by atoms with Crippen molar-refractivity contribution in [1.82, 2.24) is 14.9 Å². The van der Waals surface area contributed by atoms with Crippen LogP contribution in [0.25, 0.3) is 10.9 Å². The summed E-state index contributed by atoms with van der Waals surface area (Å²) in [6.45, 7) is 6.14. The van der Waals surface area contributed by atoms with Crippen molar-refractivity contribution in [3.05, 3.63) is 92.4 Å². The second-order valence-electron chi connectivity index (χ2n) is 8.05. The van der Waals surface area contributed by atoms with E-state index < -0.39 is 0 Å². The van der Waals surface area contributed by atoms with Gasteiger partial charge in [0.15, 0.2) is 0 Å². The molecular weight excluding hydrogens is 468 g/mol. The minimum absolute atomic E-state index is 0.0997. The summed E-state index contributed by atoms with van der Waals surface area (Å²) in [5, 5.41) is 7.10. The van der Waals surface area contributed by atoms with E-state index in [1.54, 1.807) is 0 Å². The predicted octanol–water partition coefficient (Wildman–Crippen LogP) is 5.66. The molecule has 0 saturated carbocycles. The van der Waals surface area contributed by atoms with Crippen LogP contribution in [-0.4, -0.2) is 15.5 Å². The number of aromatic nitrogens is 2. The van der Waals surface area contributed by atoms with Crippen molar-refractivity contribution < 1.29 is 4.79 Å². The van der Waals surface area contributed by atoms with E-state index >= 15 is 0 Å². The zero-order chi connectivity index (χ0) is 22.8. The molecule has 4 aromatic rings. The number of hydrogen-bond donors (Lipinski definition) is 3. The quantitative estimate of drug-likeness (QED) is 0.325. The first kappa shape index (κ1) is 21.9. The van der Waals surface area contributed by atoms with E-state index in [1.807, 2.05) is 67.7 Å². The van der Waals surface area contributed by atoms with E-state index in [9.17, 15) is 9.59 Å². The molecule has 0 aliphatic rings. The molecule has 2 aromatic heterocycles. The molecule has 0 bridgehead atoms. The van der Waals surface area contributed by atoms with E-state index in [2.05, 4.69) is 50.0 Å². The first-order valence-corrected chi connectivity index (χ1v) is 11.3. The third-order valence-corrected chi connectivity index (χ3v) is 5.81. The van der Waals surface area contributed by atoms with Crippen molar-refractivity contribution in [2.24, 2.45) is 0 Å². The second-order valence-corrected chi connectivity index (χ2v) is 8.97. The van der Waals surface area contributed by atoms with Crippen molar-refractivity contribution in [1.29, 1.82) is 0 Å². The van der Waals surface area contributed by atoms with Crippen LogP contribution >= 0.6 is 15.9 Å². The first-order chi connectivity index (χ1) is 15.3. The number of anilines is 2. The summed E-state index contributed by atoms with van der Waals surface area (Å²) in [4.78, 5) is 28.6. The molecule has 3 N–H and O–H groups in total. The molecule has 1 amide bonds. The van der Waals surface area contributed by atoms with Crippen LogP contribution in [0.4, 0.5) is 11.4 Å². The maximum atomic E-state index is 13.1. The minimum Gasteiger partial charge on any atom is -0.355 e. The van der Waals surface area contributed by atoms with Crippen molar-refractivity contribution in [3.8, 4) is 0 Å². The summed E-state index contributed by atoms with van der Waals surface area (Å²) < 4.78 is 2.96. The van der Waals surface area contributed by atoms with Crippen molar-refractivity contribution in [3.63, 3.8) is 0 Å². The second kappa shape index (κ2) is 9.04. The van der Waals surface area contributed by atoms with Gasteiger partial charge in [0.05, 0.1) is 23.3 Å². The van der Waals surface area contributed by atoms with Gasteiger partial charge in [0.25, 0.3) is 11.5 Å². The number of rotatable bonds is 6. The highest BCUT2D eigenvalue weighted by Crippen LogP contribution is 2.28. The summed E-state index contributed by atoms with van der Waals surface area (Å²) in [6, 6.07) is 17.6. The molecular formula is C25H25BrN4O2. The van der Waals surface area contributed by atoms with E-state index in [0.29, 0.717) is 16.8 Å². The number of fused-ring (bicyclic) bond motifs is 1. The summed E-state index contributed by atoms with van der Waals surface area (Å²) in [6.07, 6.45) is 1.99. The van der Waals surface area contributed by atoms with E-state index in [4.69, 9.17) is 0 Å². The zero-order valence-electron chi connectivity index (χ0n) is 18.2. The molecule has 0 aliphatic carbocycles. The molecule has 0 aliphatic heterocycles. The van der Waals surface area contributed by atoms with Crippen LogP contribution < -0.4 is 16.2 Å². The molecule has 0 fully saturated rings. The molecule has 32 heavy (non-hydrogen) atoms. The van der Waals surface area contributed by atoms with Gasteiger partial charge < -0.3 is 20.2 Å². The number of amides is 1. The van der Waals surface area contributed by atoms with Gasteiger partial charge in [-0.15, -0.1) is 0 Å². The van der Waals surface area contributed by atoms with E-state index in [1.165, 1.54) is 0 Å². The Kier molecular flexibility index (Phi) is 6.19. The lowest BCUT2D eigenvalue weighted by Crippen LogP contribution is -2.28. The Morgan fingerprint density at radius 1 is 1.12 bits per heavy atom. The number of pyridine rings is 1. The van der Waals surface area contributed by atoms with Gasteiger partial charge in [-0.05, 0) is 57.2 Å². The number of aryl methyl sites for hydroxylation is 1. The summed E-state index contributed by atoms with van der Waals surface area (Å²) in [5.74, 6) is -0.233. The number of aromatic amines is 1. The van der Waals surface area contributed by atoms with Crippen LogP contribution in [0.1, 0.15) is 41.5 Å². The lowest BCUT2D eigenvalue weighted by Gasteiger charge is -2.14. The van der Waals surface area contributed by atoms with E-state index in [-0.39, 0.29) is 24.1 Å². The van der Waals surface area contributed by atoms with Gasteiger partial charge in [-0.3, -0.25) is 9.59 Å². The van der Waals surface area contributed by atoms with Gasteiger partial charge in [0.2, 0.25) is 0 Å². The number of nitrogens with zero attached hydrogens (tertiary/aromatic N) is 1. The number of para-hydroxylation sites is 1. The standard InChI is InChI=1S/C25H25BrN4O2/c1-15(2)30-10-9-19-20(12-17(26)13-23(19)30)24(31)27-14-21-22(11-16(3)28-25(21)32)29-18-7-5-4-6-8-18/h4-13,15H,14H2,1-3H3,(H,27,31)(H2,28,29,32). The van der Waals surface area contributed by atoms with E-state index in [0.717, 1.165) is 26.8 Å². The van der Waals surface area contributed by atoms with Gasteiger partial charge in [-0.1, -0.05) is 34.1 Å². The molecule has 0 atom stereocenters.